The van der Waals surface area contributed by atoms with E-state index in [1.165, 1.54) is 0 Å². The topological polar surface area (TPSA) is 50.0 Å². The van der Waals surface area contributed by atoms with Crippen LogP contribution in [0.15, 0.2) is 85.1 Å². The number of rotatable bonds is 6. The third kappa shape index (κ3) is 5.10. The first-order valence-corrected chi connectivity index (χ1v) is 8.17. The van der Waals surface area contributed by atoms with Gasteiger partial charge in [-0.05, 0) is 18.2 Å². The van der Waals surface area contributed by atoms with Gasteiger partial charge in [0.2, 0.25) is 0 Å². The molecular formula is C21H19BrN2O2. The molecule has 1 aromatic heterocycles. The van der Waals surface area contributed by atoms with Crippen LogP contribution < -0.4 is 26.9 Å². The average molecular weight is 411 g/mol. The van der Waals surface area contributed by atoms with Crippen molar-refractivity contribution in [1.29, 1.82) is 0 Å². The van der Waals surface area contributed by atoms with E-state index in [1.807, 2.05) is 77.5 Å². The normalized spacial score (nSPS) is 9.85. The Morgan fingerprint density at radius 1 is 0.769 bits per heavy atom. The molecule has 0 saturated heterocycles. The van der Waals surface area contributed by atoms with Gasteiger partial charge in [0.05, 0.1) is 18.3 Å². The van der Waals surface area contributed by atoms with Gasteiger partial charge in [-0.15, -0.1) is 0 Å². The molecule has 1 amide bonds. The van der Waals surface area contributed by atoms with E-state index in [2.05, 4.69) is 5.32 Å². The highest BCUT2D eigenvalue weighted by Gasteiger charge is 2.16. The van der Waals surface area contributed by atoms with Crippen molar-refractivity contribution >= 4 is 17.5 Å². The van der Waals surface area contributed by atoms with Crippen LogP contribution in [0.2, 0.25) is 0 Å². The molecule has 0 fully saturated rings. The van der Waals surface area contributed by atoms with Crippen LogP contribution in [-0.2, 0) is 6.54 Å². The fourth-order valence-electron chi connectivity index (χ4n) is 2.55. The number of halogens is 1. The van der Waals surface area contributed by atoms with E-state index in [0.29, 0.717) is 29.9 Å². The number of ketones is 1. The van der Waals surface area contributed by atoms with E-state index in [-0.39, 0.29) is 28.7 Å². The number of Topliss-reactive ketones (excluding diaryl/α,β-unsaturated/α-hetero) is 1. The number of nitrogens with zero attached hydrogens (tertiary/aromatic N) is 1. The third-order valence-electron chi connectivity index (χ3n) is 3.89. The Labute approximate surface area is 163 Å². The Kier molecular flexibility index (Phi) is 7.24. The van der Waals surface area contributed by atoms with E-state index >= 15 is 0 Å². The molecule has 26 heavy (non-hydrogen) atoms. The smallest absolute Gasteiger partial charge is 0.339 e. The van der Waals surface area contributed by atoms with Gasteiger partial charge >= 0.3 is 5.91 Å². The lowest BCUT2D eigenvalue weighted by Gasteiger charge is -2.06. The van der Waals surface area contributed by atoms with Gasteiger partial charge in [-0.3, -0.25) is 4.79 Å². The molecule has 3 rings (SSSR count). The zero-order valence-electron chi connectivity index (χ0n) is 14.1. The lowest BCUT2D eigenvalue weighted by atomic mass is 10.1. The maximum Gasteiger partial charge on any atom is 0.339 e. The summed E-state index contributed by atoms with van der Waals surface area (Å²) < 4.78 is 1.88. The van der Waals surface area contributed by atoms with Crippen molar-refractivity contribution in [3.05, 3.63) is 96.2 Å². The number of carbonyl (C=O) groups is 2. The van der Waals surface area contributed by atoms with Crippen LogP contribution in [0.5, 0.6) is 0 Å². The van der Waals surface area contributed by atoms with Gasteiger partial charge in [0.15, 0.2) is 5.78 Å². The van der Waals surface area contributed by atoms with E-state index in [0.717, 1.165) is 0 Å². The van der Waals surface area contributed by atoms with Gasteiger partial charge < -0.3 is 17.0 Å². The molecule has 1 N–H and O–H groups in total. The Bertz CT molecular complexity index is 867. The number of hydrogen-bond acceptors (Lipinski definition) is 2. The summed E-state index contributed by atoms with van der Waals surface area (Å²) in [5.41, 5.74) is 1.30. The van der Waals surface area contributed by atoms with Crippen molar-refractivity contribution in [3.63, 3.8) is 0 Å². The highest BCUT2D eigenvalue weighted by Crippen LogP contribution is 2.07. The summed E-state index contributed by atoms with van der Waals surface area (Å²) in [5.74, 6) is 0.574. The Balaban J connectivity index is 0.00000243. The lowest BCUT2D eigenvalue weighted by molar-refractivity contribution is -0.681. The molecule has 0 saturated carbocycles. The lowest BCUT2D eigenvalue weighted by Crippen LogP contribution is -3.00. The molecular weight excluding hydrogens is 392 g/mol. The first kappa shape index (κ1) is 19.5. The van der Waals surface area contributed by atoms with Crippen molar-refractivity contribution in [2.24, 2.45) is 0 Å². The second-order valence-corrected chi connectivity index (χ2v) is 5.64. The number of amides is 1. The molecule has 0 unspecified atom stereocenters. The molecule has 0 radical (unpaired) electrons. The highest BCUT2D eigenvalue weighted by atomic mass is 79.9. The van der Waals surface area contributed by atoms with E-state index < -0.39 is 0 Å². The van der Waals surface area contributed by atoms with Gasteiger partial charge in [-0.1, -0.05) is 54.6 Å². The predicted octanol–water partition coefficient (Wildman–Crippen LogP) is 0.503. The van der Waals surface area contributed by atoms with Crippen LogP contribution >= 0.6 is 0 Å². The summed E-state index contributed by atoms with van der Waals surface area (Å²) in [7, 11) is 0. The van der Waals surface area contributed by atoms with E-state index in [1.54, 1.807) is 12.1 Å². The van der Waals surface area contributed by atoms with Crippen LogP contribution in [0.1, 0.15) is 27.1 Å². The number of anilines is 1. The highest BCUT2D eigenvalue weighted by molar-refractivity contribution is 6.03. The molecule has 0 atom stereocenters. The summed E-state index contributed by atoms with van der Waals surface area (Å²) >= 11 is 0. The van der Waals surface area contributed by atoms with Crippen molar-refractivity contribution in [2.45, 2.75) is 13.0 Å². The SMILES string of the molecule is O=C(CC[n+]1ccccc1NC(=O)c1ccccc1)c1ccccc1.[Br-]. The van der Waals surface area contributed by atoms with Crippen LogP contribution in [0.25, 0.3) is 0 Å². The first-order chi connectivity index (χ1) is 12.2. The number of hydrogen-bond donors (Lipinski definition) is 1. The zero-order chi connectivity index (χ0) is 17.5. The number of carbonyl (C=O) groups excluding carboxylic acids is 2. The minimum Gasteiger partial charge on any atom is -1.00 e. The van der Waals surface area contributed by atoms with Gasteiger partial charge in [0.25, 0.3) is 5.82 Å². The summed E-state index contributed by atoms with van der Waals surface area (Å²) in [6.45, 7) is 0.499. The Hall–Kier alpha value is -2.79. The van der Waals surface area contributed by atoms with Gasteiger partial charge in [-0.25, -0.2) is 14.7 Å². The Morgan fingerprint density at radius 2 is 1.35 bits per heavy atom. The molecule has 1 heterocycles. The van der Waals surface area contributed by atoms with Crippen LogP contribution in [0.3, 0.4) is 0 Å². The predicted molar refractivity (Wildman–Crippen MR) is 96.4 cm³/mol. The fourth-order valence-corrected chi connectivity index (χ4v) is 2.55. The second kappa shape index (κ2) is 9.63. The zero-order valence-corrected chi connectivity index (χ0v) is 15.7. The molecule has 3 aromatic rings. The molecule has 0 aliphatic rings. The third-order valence-corrected chi connectivity index (χ3v) is 3.89. The number of benzene rings is 2. The second-order valence-electron chi connectivity index (χ2n) is 5.64. The van der Waals surface area contributed by atoms with E-state index in [4.69, 9.17) is 0 Å². The molecule has 0 aliphatic heterocycles. The summed E-state index contributed by atoms with van der Waals surface area (Å²) in [5, 5.41) is 2.90. The van der Waals surface area contributed by atoms with Gasteiger partial charge in [-0.2, -0.15) is 0 Å². The molecule has 4 nitrogen and oxygen atoms in total. The van der Waals surface area contributed by atoms with Crippen molar-refractivity contribution < 1.29 is 31.1 Å². The maximum absolute atomic E-state index is 12.3. The summed E-state index contributed by atoms with van der Waals surface area (Å²) in [6, 6.07) is 23.8. The van der Waals surface area contributed by atoms with E-state index in [9.17, 15) is 9.59 Å². The minimum absolute atomic E-state index is 0. The minimum atomic E-state index is -0.171. The molecule has 0 spiro atoms. The number of aryl methyl sites for hydroxylation is 1. The number of nitrogens with one attached hydrogen (secondary N) is 1. The molecule has 0 bridgehead atoms. The standard InChI is InChI=1S/C21H18N2O2.BrH/c24-19(17-9-3-1-4-10-17)14-16-23-15-8-7-13-20(23)22-21(25)18-11-5-2-6-12-18;/h1-13,15H,14,16H2;1H. The molecule has 132 valence electrons. The largest absolute Gasteiger partial charge is 1.00 e. The average Bonchev–Trinajstić information content (AvgIpc) is 2.68. The maximum atomic E-state index is 12.3. The van der Waals surface area contributed by atoms with Gasteiger partial charge in [0, 0.05) is 18.1 Å². The number of aromatic nitrogens is 1. The van der Waals surface area contributed by atoms with Crippen molar-refractivity contribution in [1.82, 2.24) is 0 Å². The quantitative estimate of drug-likeness (QED) is 0.475. The van der Waals surface area contributed by atoms with Crippen LogP contribution in [0, 0.1) is 0 Å². The summed E-state index contributed by atoms with van der Waals surface area (Å²) in [6.07, 6.45) is 2.23. The van der Waals surface area contributed by atoms with Crippen LogP contribution in [0.4, 0.5) is 5.82 Å². The van der Waals surface area contributed by atoms with Gasteiger partial charge in [0.1, 0.15) is 0 Å². The molecule has 2 aromatic carbocycles. The molecule has 5 heteroatoms. The fraction of sp³-hybridized carbons (Fsp3) is 0.0952. The monoisotopic (exact) mass is 410 g/mol. The number of pyridine rings is 1. The van der Waals surface area contributed by atoms with Crippen molar-refractivity contribution in [3.8, 4) is 0 Å². The van der Waals surface area contributed by atoms with Crippen LogP contribution in [-0.4, -0.2) is 11.7 Å². The Morgan fingerprint density at radius 3 is 2.00 bits per heavy atom. The summed E-state index contributed by atoms with van der Waals surface area (Å²) in [4.78, 5) is 24.6. The first-order valence-electron chi connectivity index (χ1n) is 8.17. The molecule has 0 aliphatic carbocycles. The van der Waals surface area contributed by atoms with Crippen molar-refractivity contribution in [2.75, 3.05) is 5.32 Å².